The van der Waals surface area contributed by atoms with Gasteiger partial charge in [0.05, 0.1) is 12.2 Å². The van der Waals surface area contributed by atoms with Crippen LogP contribution in [0.25, 0.3) is 0 Å². The number of aliphatic hydroxyl groups is 2. The fourth-order valence-corrected chi connectivity index (χ4v) is 1.66. The molecule has 0 saturated carbocycles. The molecule has 4 nitrogen and oxygen atoms in total. The van der Waals surface area contributed by atoms with Crippen LogP contribution in [0.3, 0.4) is 0 Å². The van der Waals surface area contributed by atoms with E-state index < -0.39 is 18.3 Å². The van der Waals surface area contributed by atoms with Crippen LogP contribution >= 0.6 is 11.8 Å². The van der Waals surface area contributed by atoms with E-state index in [1.165, 1.54) is 0 Å². The number of hydrogen-bond acceptors (Lipinski definition) is 5. The van der Waals surface area contributed by atoms with Crippen LogP contribution in [0.15, 0.2) is 12.2 Å². The van der Waals surface area contributed by atoms with Crippen molar-refractivity contribution < 1.29 is 19.7 Å². The molecule has 5 heteroatoms. The third-order valence-electron chi connectivity index (χ3n) is 2.26. The maximum absolute atomic E-state index is 11.0. The topological polar surface area (TPSA) is 66.8 Å². The number of carbonyl (C=O) groups excluding carboxylic acids is 1. The van der Waals surface area contributed by atoms with E-state index >= 15 is 0 Å². The predicted octanol–water partition coefficient (Wildman–Crippen LogP) is 1.32. The molecule has 0 aliphatic heterocycles. The monoisotopic (exact) mass is 232 g/mol. The lowest BCUT2D eigenvalue weighted by Crippen LogP contribution is -2.24. The zero-order chi connectivity index (χ0) is 11.3. The maximum atomic E-state index is 11.0. The fourth-order valence-electron chi connectivity index (χ4n) is 1.44. The first-order chi connectivity index (χ1) is 7.11. The maximum Gasteiger partial charge on any atom is 0.367 e. The SMILES string of the molecule is CSC(=O)OC1C=CC(O)CCC(O)C1. The molecule has 0 aromatic heterocycles. The van der Waals surface area contributed by atoms with Crippen LogP contribution in [0, 0.1) is 0 Å². The Hall–Kier alpha value is -0.520. The van der Waals surface area contributed by atoms with Crippen molar-refractivity contribution in [2.45, 2.75) is 37.6 Å². The van der Waals surface area contributed by atoms with E-state index in [1.807, 2.05) is 0 Å². The molecule has 1 aliphatic carbocycles. The number of thioether (sulfide) groups is 1. The largest absolute Gasteiger partial charge is 0.450 e. The number of aliphatic hydroxyl groups excluding tert-OH is 2. The highest BCUT2D eigenvalue weighted by Crippen LogP contribution is 2.17. The third kappa shape index (κ3) is 4.68. The molecule has 0 saturated heterocycles. The fraction of sp³-hybridized carbons (Fsp3) is 0.700. The van der Waals surface area contributed by atoms with Gasteiger partial charge in [0.1, 0.15) is 6.10 Å². The summed E-state index contributed by atoms with van der Waals surface area (Å²) in [6.07, 6.45) is 4.84. The van der Waals surface area contributed by atoms with Crippen LogP contribution in [-0.4, -0.2) is 40.1 Å². The summed E-state index contributed by atoms with van der Waals surface area (Å²) in [7, 11) is 0. The molecule has 1 aliphatic rings. The van der Waals surface area contributed by atoms with E-state index in [2.05, 4.69) is 0 Å². The van der Waals surface area contributed by atoms with Gasteiger partial charge in [-0.05, 0) is 36.9 Å². The van der Waals surface area contributed by atoms with Gasteiger partial charge in [0.15, 0.2) is 0 Å². The Morgan fingerprint density at radius 2 is 2.13 bits per heavy atom. The van der Waals surface area contributed by atoms with E-state index in [9.17, 15) is 15.0 Å². The summed E-state index contributed by atoms with van der Waals surface area (Å²) in [6.45, 7) is 0. The highest BCUT2D eigenvalue weighted by Gasteiger charge is 2.19. The molecule has 3 atom stereocenters. The highest BCUT2D eigenvalue weighted by atomic mass is 32.2. The van der Waals surface area contributed by atoms with Gasteiger partial charge in [0.25, 0.3) is 0 Å². The Balaban J connectivity index is 2.56. The zero-order valence-corrected chi connectivity index (χ0v) is 9.44. The van der Waals surface area contributed by atoms with E-state index in [4.69, 9.17) is 4.74 Å². The lowest BCUT2D eigenvalue weighted by molar-refractivity contribution is 0.0698. The smallest absolute Gasteiger partial charge is 0.367 e. The normalized spacial score (nSPS) is 31.8. The summed E-state index contributed by atoms with van der Waals surface area (Å²) in [4.78, 5) is 11.0. The van der Waals surface area contributed by atoms with Crippen LogP contribution in [0.4, 0.5) is 4.79 Å². The number of carbonyl (C=O) groups is 1. The lowest BCUT2D eigenvalue weighted by Gasteiger charge is -2.21. The summed E-state index contributed by atoms with van der Waals surface area (Å²) in [5, 5.41) is 18.6. The van der Waals surface area contributed by atoms with Gasteiger partial charge in [-0.1, -0.05) is 6.08 Å². The van der Waals surface area contributed by atoms with Gasteiger partial charge >= 0.3 is 5.30 Å². The molecule has 3 unspecified atom stereocenters. The molecule has 1 rings (SSSR count). The molecular weight excluding hydrogens is 216 g/mol. The van der Waals surface area contributed by atoms with E-state index in [-0.39, 0.29) is 5.30 Å². The Morgan fingerprint density at radius 3 is 2.80 bits per heavy atom. The summed E-state index contributed by atoms with van der Waals surface area (Å²) in [5.41, 5.74) is 0. The van der Waals surface area contributed by atoms with Crippen molar-refractivity contribution in [2.24, 2.45) is 0 Å². The molecule has 86 valence electrons. The Bertz CT molecular complexity index is 242. The standard InChI is InChI=1S/C10H16O4S/c1-15-10(13)14-9-5-4-7(11)2-3-8(12)6-9/h4-5,7-9,11-12H,2-3,6H2,1H3. The molecule has 0 fully saturated rings. The number of hydrogen-bond donors (Lipinski definition) is 2. The van der Waals surface area contributed by atoms with Crippen LogP contribution in [0.2, 0.25) is 0 Å². The molecule has 0 spiro atoms. The average Bonchev–Trinajstić information content (AvgIpc) is 2.20. The Kier molecular flexibility index (Phi) is 5.14. The van der Waals surface area contributed by atoms with Gasteiger partial charge in [0, 0.05) is 6.42 Å². The third-order valence-corrected chi connectivity index (χ3v) is 2.69. The minimum absolute atomic E-state index is 0.369. The molecule has 0 radical (unpaired) electrons. The second-order valence-corrected chi connectivity index (χ2v) is 4.27. The molecule has 0 aromatic carbocycles. The van der Waals surface area contributed by atoms with Gasteiger partial charge in [0.2, 0.25) is 0 Å². The van der Waals surface area contributed by atoms with Crippen molar-refractivity contribution in [3.63, 3.8) is 0 Å². The molecule has 0 bridgehead atoms. The van der Waals surface area contributed by atoms with Crippen molar-refractivity contribution in [3.05, 3.63) is 12.2 Å². The first-order valence-corrected chi connectivity index (χ1v) is 6.13. The second-order valence-electron chi connectivity index (χ2n) is 3.53. The van der Waals surface area contributed by atoms with Gasteiger partial charge < -0.3 is 14.9 Å². The quantitative estimate of drug-likeness (QED) is 0.527. The predicted molar refractivity (Wildman–Crippen MR) is 58.8 cm³/mol. The van der Waals surface area contributed by atoms with Gasteiger partial charge in [-0.2, -0.15) is 0 Å². The molecule has 0 heterocycles. The van der Waals surface area contributed by atoms with Crippen LogP contribution < -0.4 is 0 Å². The van der Waals surface area contributed by atoms with Crippen molar-refractivity contribution >= 4 is 17.1 Å². The number of rotatable bonds is 1. The van der Waals surface area contributed by atoms with Gasteiger partial charge in [-0.15, -0.1) is 0 Å². The van der Waals surface area contributed by atoms with Crippen LogP contribution in [-0.2, 0) is 4.74 Å². The van der Waals surface area contributed by atoms with Crippen LogP contribution in [0.1, 0.15) is 19.3 Å². The summed E-state index contributed by atoms with van der Waals surface area (Å²) in [5.74, 6) is 0. The molecule has 15 heavy (non-hydrogen) atoms. The highest BCUT2D eigenvalue weighted by molar-refractivity contribution is 8.12. The second kappa shape index (κ2) is 6.15. The minimum Gasteiger partial charge on any atom is -0.450 e. The Morgan fingerprint density at radius 1 is 1.40 bits per heavy atom. The van der Waals surface area contributed by atoms with Crippen molar-refractivity contribution in [3.8, 4) is 0 Å². The van der Waals surface area contributed by atoms with E-state index in [1.54, 1.807) is 18.4 Å². The van der Waals surface area contributed by atoms with Crippen molar-refractivity contribution in [1.82, 2.24) is 0 Å². The molecule has 0 amide bonds. The average molecular weight is 232 g/mol. The minimum atomic E-state index is -0.560. The van der Waals surface area contributed by atoms with Gasteiger partial charge in [-0.25, -0.2) is 4.79 Å². The zero-order valence-electron chi connectivity index (χ0n) is 8.63. The lowest BCUT2D eigenvalue weighted by atomic mass is 10.00. The molecule has 0 aromatic rings. The van der Waals surface area contributed by atoms with Crippen molar-refractivity contribution in [1.29, 1.82) is 0 Å². The van der Waals surface area contributed by atoms with Crippen molar-refractivity contribution in [2.75, 3.05) is 6.26 Å². The first kappa shape index (κ1) is 12.5. The first-order valence-electron chi connectivity index (χ1n) is 4.91. The summed E-state index contributed by atoms with van der Waals surface area (Å²) < 4.78 is 5.06. The Labute approximate surface area is 93.3 Å². The summed E-state index contributed by atoms with van der Waals surface area (Å²) >= 11 is 0.993. The molecule has 2 N–H and O–H groups in total. The van der Waals surface area contributed by atoms with E-state index in [0.717, 1.165) is 11.8 Å². The number of ether oxygens (including phenoxy) is 1. The van der Waals surface area contributed by atoms with Gasteiger partial charge in [-0.3, -0.25) is 0 Å². The van der Waals surface area contributed by atoms with Crippen LogP contribution in [0.5, 0.6) is 0 Å². The summed E-state index contributed by atoms with van der Waals surface area (Å²) in [6, 6.07) is 0. The van der Waals surface area contributed by atoms with E-state index in [0.29, 0.717) is 19.3 Å². The molecular formula is C10H16O4S.